The molecule has 0 aliphatic heterocycles. The number of nitrogens with one attached hydrogen (secondary N) is 1. The van der Waals surface area contributed by atoms with Crippen molar-refractivity contribution >= 4 is 0 Å². The summed E-state index contributed by atoms with van der Waals surface area (Å²) >= 11 is 0. The minimum absolute atomic E-state index is 0.236. The van der Waals surface area contributed by atoms with E-state index in [1.165, 1.54) is 24.8 Å². The molecular weight excluding hydrogens is 222 g/mol. The van der Waals surface area contributed by atoms with Gasteiger partial charge < -0.3 is 10.1 Å². The molecule has 1 aliphatic rings. The molecule has 2 atom stereocenters. The standard InChI is InChI=1S/C16H25NO/c1-4-7-13-10-15(13)17-11-14-8-5-6-9-16(14)18-12(2)3/h5-6,8-9,12-13,15,17H,4,7,10-11H2,1-3H3. The highest BCUT2D eigenvalue weighted by atomic mass is 16.5. The molecule has 18 heavy (non-hydrogen) atoms. The fraction of sp³-hybridized carbons (Fsp3) is 0.625. The molecule has 1 aliphatic carbocycles. The van der Waals surface area contributed by atoms with E-state index in [9.17, 15) is 0 Å². The lowest BCUT2D eigenvalue weighted by molar-refractivity contribution is 0.239. The summed E-state index contributed by atoms with van der Waals surface area (Å²) < 4.78 is 5.83. The molecule has 2 nitrogen and oxygen atoms in total. The van der Waals surface area contributed by atoms with E-state index < -0.39 is 0 Å². The molecular formula is C16H25NO. The molecule has 1 fully saturated rings. The summed E-state index contributed by atoms with van der Waals surface area (Å²) in [7, 11) is 0. The van der Waals surface area contributed by atoms with Crippen LogP contribution in [0.15, 0.2) is 24.3 Å². The zero-order valence-electron chi connectivity index (χ0n) is 11.8. The van der Waals surface area contributed by atoms with Crippen LogP contribution in [0.3, 0.4) is 0 Å². The second-order valence-corrected chi connectivity index (χ2v) is 5.55. The Morgan fingerprint density at radius 2 is 2.11 bits per heavy atom. The van der Waals surface area contributed by atoms with Gasteiger partial charge in [0.05, 0.1) is 6.10 Å². The number of ether oxygens (including phenoxy) is 1. The second-order valence-electron chi connectivity index (χ2n) is 5.55. The normalized spacial score (nSPS) is 22.2. The molecule has 1 saturated carbocycles. The fourth-order valence-electron chi connectivity index (χ4n) is 2.45. The van der Waals surface area contributed by atoms with E-state index in [0.717, 1.165) is 24.3 Å². The average molecular weight is 247 g/mol. The van der Waals surface area contributed by atoms with E-state index >= 15 is 0 Å². The molecule has 1 N–H and O–H groups in total. The molecule has 0 radical (unpaired) electrons. The lowest BCUT2D eigenvalue weighted by Crippen LogP contribution is -2.18. The number of hydrogen-bond donors (Lipinski definition) is 1. The Morgan fingerprint density at radius 1 is 1.33 bits per heavy atom. The first-order valence-corrected chi connectivity index (χ1v) is 7.18. The monoisotopic (exact) mass is 247 g/mol. The largest absolute Gasteiger partial charge is 0.491 e. The van der Waals surface area contributed by atoms with Gasteiger partial charge in [0.15, 0.2) is 0 Å². The van der Waals surface area contributed by atoms with Crippen LogP contribution in [0, 0.1) is 5.92 Å². The van der Waals surface area contributed by atoms with Gasteiger partial charge in [-0.15, -0.1) is 0 Å². The Labute approximate surface area is 111 Å². The van der Waals surface area contributed by atoms with Crippen LogP contribution in [0.1, 0.15) is 45.6 Å². The number of rotatable bonds is 7. The highest BCUT2D eigenvalue weighted by Crippen LogP contribution is 2.35. The van der Waals surface area contributed by atoms with Crippen LogP contribution in [-0.4, -0.2) is 12.1 Å². The lowest BCUT2D eigenvalue weighted by atomic mass is 10.2. The molecule has 0 bridgehead atoms. The highest BCUT2D eigenvalue weighted by Gasteiger charge is 2.35. The zero-order chi connectivity index (χ0) is 13.0. The zero-order valence-corrected chi connectivity index (χ0v) is 11.8. The van der Waals surface area contributed by atoms with Gasteiger partial charge in [0.1, 0.15) is 5.75 Å². The predicted octanol–water partition coefficient (Wildman–Crippen LogP) is 3.75. The van der Waals surface area contributed by atoms with Crippen molar-refractivity contribution in [2.75, 3.05) is 0 Å². The summed E-state index contributed by atoms with van der Waals surface area (Å²) in [6.45, 7) is 7.33. The predicted molar refractivity (Wildman–Crippen MR) is 75.8 cm³/mol. The van der Waals surface area contributed by atoms with Crippen molar-refractivity contribution in [3.8, 4) is 5.75 Å². The quantitative estimate of drug-likeness (QED) is 0.792. The average Bonchev–Trinajstić information content (AvgIpc) is 3.06. The first-order chi connectivity index (χ1) is 8.70. The van der Waals surface area contributed by atoms with Crippen LogP contribution >= 0.6 is 0 Å². The Kier molecular flexibility index (Phi) is 4.65. The van der Waals surface area contributed by atoms with E-state index in [1.54, 1.807) is 0 Å². The van der Waals surface area contributed by atoms with Gasteiger partial charge in [-0.1, -0.05) is 31.5 Å². The van der Waals surface area contributed by atoms with Crippen molar-refractivity contribution in [2.45, 2.75) is 58.7 Å². The van der Waals surface area contributed by atoms with Gasteiger partial charge in [0.2, 0.25) is 0 Å². The molecule has 0 amide bonds. The summed E-state index contributed by atoms with van der Waals surface area (Å²) in [6.07, 6.45) is 4.25. The molecule has 0 saturated heterocycles. The van der Waals surface area contributed by atoms with Crippen molar-refractivity contribution in [3.63, 3.8) is 0 Å². The molecule has 100 valence electrons. The summed E-state index contributed by atoms with van der Waals surface area (Å²) in [6, 6.07) is 9.07. The van der Waals surface area contributed by atoms with E-state index in [-0.39, 0.29) is 6.10 Å². The highest BCUT2D eigenvalue weighted by molar-refractivity contribution is 5.33. The number of para-hydroxylation sites is 1. The van der Waals surface area contributed by atoms with Crippen LogP contribution in [0.2, 0.25) is 0 Å². The van der Waals surface area contributed by atoms with Gasteiger partial charge in [0, 0.05) is 18.2 Å². The van der Waals surface area contributed by atoms with Crippen molar-refractivity contribution in [1.82, 2.24) is 5.32 Å². The minimum atomic E-state index is 0.236. The molecule has 2 heteroatoms. The number of benzene rings is 1. The van der Waals surface area contributed by atoms with Gasteiger partial charge in [-0.2, -0.15) is 0 Å². The van der Waals surface area contributed by atoms with Gasteiger partial charge >= 0.3 is 0 Å². The Morgan fingerprint density at radius 3 is 2.83 bits per heavy atom. The van der Waals surface area contributed by atoms with Crippen LogP contribution in [0.4, 0.5) is 0 Å². The molecule has 2 rings (SSSR count). The van der Waals surface area contributed by atoms with Crippen LogP contribution < -0.4 is 10.1 Å². The van der Waals surface area contributed by atoms with Gasteiger partial charge in [-0.3, -0.25) is 0 Å². The molecule has 0 heterocycles. The summed E-state index contributed by atoms with van der Waals surface area (Å²) in [5.41, 5.74) is 1.27. The molecule has 2 unspecified atom stereocenters. The smallest absolute Gasteiger partial charge is 0.124 e. The van der Waals surface area contributed by atoms with E-state index in [1.807, 2.05) is 6.07 Å². The molecule has 1 aromatic rings. The summed E-state index contributed by atoms with van der Waals surface area (Å²) in [4.78, 5) is 0. The Hall–Kier alpha value is -1.02. The van der Waals surface area contributed by atoms with Crippen molar-refractivity contribution in [2.24, 2.45) is 5.92 Å². The maximum Gasteiger partial charge on any atom is 0.124 e. The molecule has 0 spiro atoms. The minimum Gasteiger partial charge on any atom is -0.491 e. The van der Waals surface area contributed by atoms with Crippen molar-refractivity contribution in [3.05, 3.63) is 29.8 Å². The third kappa shape index (κ3) is 3.74. The Bertz CT molecular complexity index is 375. The van der Waals surface area contributed by atoms with Gasteiger partial charge in [0.25, 0.3) is 0 Å². The third-order valence-electron chi connectivity index (χ3n) is 3.47. The van der Waals surface area contributed by atoms with Gasteiger partial charge in [-0.05, 0) is 38.7 Å². The van der Waals surface area contributed by atoms with E-state index in [4.69, 9.17) is 4.74 Å². The first-order valence-electron chi connectivity index (χ1n) is 7.18. The van der Waals surface area contributed by atoms with Crippen LogP contribution in [-0.2, 0) is 6.54 Å². The van der Waals surface area contributed by atoms with Gasteiger partial charge in [-0.25, -0.2) is 0 Å². The van der Waals surface area contributed by atoms with Crippen molar-refractivity contribution in [1.29, 1.82) is 0 Å². The van der Waals surface area contributed by atoms with Crippen LogP contribution in [0.5, 0.6) is 5.75 Å². The van der Waals surface area contributed by atoms with E-state index in [2.05, 4.69) is 44.3 Å². The maximum atomic E-state index is 5.83. The fourth-order valence-corrected chi connectivity index (χ4v) is 2.45. The SMILES string of the molecule is CCCC1CC1NCc1ccccc1OC(C)C. The Balaban J connectivity index is 1.85. The maximum absolute atomic E-state index is 5.83. The third-order valence-corrected chi connectivity index (χ3v) is 3.47. The molecule has 1 aromatic carbocycles. The second kappa shape index (κ2) is 6.24. The van der Waals surface area contributed by atoms with Crippen LogP contribution in [0.25, 0.3) is 0 Å². The lowest BCUT2D eigenvalue weighted by Gasteiger charge is -2.14. The van der Waals surface area contributed by atoms with Crippen molar-refractivity contribution < 1.29 is 4.74 Å². The topological polar surface area (TPSA) is 21.3 Å². The first kappa shape index (κ1) is 13.4. The summed E-state index contributed by atoms with van der Waals surface area (Å²) in [5, 5.41) is 3.64. The summed E-state index contributed by atoms with van der Waals surface area (Å²) in [5.74, 6) is 1.93. The number of hydrogen-bond acceptors (Lipinski definition) is 2. The van der Waals surface area contributed by atoms with E-state index in [0.29, 0.717) is 0 Å². The molecule has 0 aromatic heterocycles.